The van der Waals surface area contributed by atoms with Gasteiger partial charge >= 0.3 is 0 Å². The Bertz CT molecular complexity index is 1410. The SMILES string of the molecule is CC#Cc1ccc(-c2ccc(C(=O)C3CCC(C(Cc4cc(O)cc(O)c4)NC(N)=NC4CCCCC4)CC3)s2)s1. The zero-order valence-corrected chi connectivity index (χ0v) is 25.2. The molecule has 0 saturated heterocycles. The lowest BCUT2D eigenvalue weighted by Gasteiger charge is -2.34. The summed E-state index contributed by atoms with van der Waals surface area (Å²) in [5.41, 5.74) is 7.27. The van der Waals surface area contributed by atoms with Crippen molar-refractivity contribution < 1.29 is 15.0 Å². The van der Waals surface area contributed by atoms with Crippen molar-refractivity contribution in [2.45, 2.75) is 83.2 Å². The van der Waals surface area contributed by atoms with Crippen LogP contribution >= 0.6 is 22.7 Å². The first kappa shape index (κ1) is 29.2. The van der Waals surface area contributed by atoms with Gasteiger partial charge in [-0.2, -0.15) is 0 Å². The highest BCUT2D eigenvalue weighted by Crippen LogP contribution is 2.38. The Labute approximate surface area is 250 Å². The molecule has 3 aromatic rings. The second kappa shape index (κ2) is 13.6. The number of carbonyl (C=O) groups excluding carboxylic acids is 1. The fourth-order valence-corrected chi connectivity index (χ4v) is 8.27. The number of aliphatic imine (C=N–C) groups is 1. The second-order valence-corrected chi connectivity index (χ2v) is 13.5. The number of hydrogen-bond acceptors (Lipinski definition) is 6. The molecule has 0 spiro atoms. The van der Waals surface area contributed by atoms with Crippen LogP contribution in [0.25, 0.3) is 9.75 Å². The Morgan fingerprint density at radius 1 is 0.976 bits per heavy atom. The van der Waals surface area contributed by atoms with Gasteiger partial charge in [0.25, 0.3) is 0 Å². The van der Waals surface area contributed by atoms with Crippen LogP contribution in [0.3, 0.4) is 0 Å². The first-order chi connectivity index (χ1) is 19.9. The molecule has 0 aliphatic heterocycles. The molecule has 2 heterocycles. The number of aromatic hydroxyl groups is 2. The molecule has 6 nitrogen and oxygen atoms in total. The summed E-state index contributed by atoms with van der Waals surface area (Å²) in [6, 6.07) is 13.1. The van der Waals surface area contributed by atoms with Crippen LogP contribution < -0.4 is 11.1 Å². The molecule has 5 rings (SSSR count). The molecule has 2 aliphatic rings. The molecule has 2 saturated carbocycles. The van der Waals surface area contributed by atoms with Crippen LogP contribution in [-0.2, 0) is 6.42 Å². The Balaban J connectivity index is 1.25. The van der Waals surface area contributed by atoms with E-state index in [1.165, 1.54) is 25.3 Å². The molecular formula is C33H39N3O3S2. The average Bonchev–Trinajstić information content (AvgIpc) is 3.63. The minimum Gasteiger partial charge on any atom is -0.508 e. The van der Waals surface area contributed by atoms with Gasteiger partial charge in [-0.25, -0.2) is 0 Å². The van der Waals surface area contributed by atoms with Crippen LogP contribution in [0, 0.1) is 23.7 Å². The molecule has 0 amide bonds. The fourth-order valence-electron chi connectivity index (χ4n) is 6.25. The van der Waals surface area contributed by atoms with Crippen LogP contribution in [0.15, 0.2) is 47.5 Å². The molecule has 216 valence electrons. The number of hydrogen-bond donors (Lipinski definition) is 4. The molecule has 0 radical (unpaired) electrons. The Morgan fingerprint density at radius 3 is 2.37 bits per heavy atom. The summed E-state index contributed by atoms with van der Waals surface area (Å²) in [7, 11) is 0. The van der Waals surface area contributed by atoms with E-state index in [9.17, 15) is 15.0 Å². The number of nitrogens with one attached hydrogen (secondary N) is 1. The number of phenols is 2. The predicted octanol–water partition coefficient (Wildman–Crippen LogP) is 7.10. The van der Waals surface area contributed by atoms with Crippen molar-refractivity contribution in [2.75, 3.05) is 0 Å². The first-order valence-electron chi connectivity index (χ1n) is 14.7. The number of benzene rings is 1. The van der Waals surface area contributed by atoms with E-state index in [1.54, 1.807) is 34.8 Å². The molecule has 1 aromatic carbocycles. The van der Waals surface area contributed by atoms with Crippen molar-refractivity contribution >= 4 is 34.4 Å². The molecule has 2 fully saturated rings. The number of guanidine groups is 1. The molecule has 8 heteroatoms. The minimum atomic E-state index is -0.00724. The summed E-state index contributed by atoms with van der Waals surface area (Å²) in [6.45, 7) is 1.84. The highest BCUT2D eigenvalue weighted by Gasteiger charge is 2.32. The van der Waals surface area contributed by atoms with Crippen molar-refractivity contribution in [3.8, 4) is 33.1 Å². The van der Waals surface area contributed by atoms with Gasteiger partial charge in [0.15, 0.2) is 11.7 Å². The highest BCUT2D eigenvalue weighted by atomic mass is 32.1. The molecular weight excluding hydrogens is 551 g/mol. The zero-order chi connectivity index (χ0) is 28.8. The summed E-state index contributed by atoms with van der Waals surface area (Å²) < 4.78 is 0. The maximum atomic E-state index is 13.5. The van der Waals surface area contributed by atoms with Crippen molar-refractivity contribution in [1.82, 2.24) is 5.32 Å². The largest absolute Gasteiger partial charge is 0.508 e. The minimum absolute atomic E-state index is 0.00724. The van der Waals surface area contributed by atoms with Crippen LogP contribution in [0.5, 0.6) is 11.5 Å². The van der Waals surface area contributed by atoms with E-state index in [-0.39, 0.29) is 35.3 Å². The Kier molecular flexibility index (Phi) is 9.68. The highest BCUT2D eigenvalue weighted by molar-refractivity contribution is 7.23. The maximum absolute atomic E-state index is 13.5. The van der Waals surface area contributed by atoms with Gasteiger partial charge in [0.1, 0.15) is 11.5 Å². The smallest absolute Gasteiger partial charge is 0.189 e. The van der Waals surface area contributed by atoms with E-state index < -0.39 is 0 Å². The van der Waals surface area contributed by atoms with E-state index in [0.717, 1.165) is 63.6 Å². The number of nitrogens with two attached hydrogens (primary N) is 1. The van der Waals surface area contributed by atoms with E-state index in [0.29, 0.717) is 18.3 Å². The molecule has 1 atom stereocenters. The third kappa shape index (κ3) is 7.72. The van der Waals surface area contributed by atoms with Gasteiger partial charge in [-0.15, -0.1) is 28.6 Å². The normalized spacial score (nSPS) is 20.7. The van der Waals surface area contributed by atoms with Gasteiger partial charge in [-0.05, 0) is 99.7 Å². The molecule has 1 unspecified atom stereocenters. The van der Waals surface area contributed by atoms with Gasteiger partial charge in [0.2, 0.25) is 0 Å². The van der Waals surface area contributed by atoms with Crippen molar-refractivity contribution in [3.63, 3.8) is 0 Å². The average molecular weight is 590 g/mol. The van der Waals surface area contributed by atoms with Gasteiger partial charge in [0.05, 0.1) is 15.8 Å². The van der Waals surface area contributed by atoms with E-state index >= 15 is 0 Å². The van der Waals surface area contributed by atoms with E-state index in [1.807, 2.05) is 19.1 Å². The van der Waals surface area contributed by atoms with Crippen molar-refractivity contribution in [2.24, 2.45) is 22.6 Å². The third-order valence-corrected chi connectivity index (χ3v) is 10.6. The predicted molar refractivity (Wildman–Crippen MR) is 169 cm³/mol. The summed E-state index contributed by atoms with van der Waals surface area (Å²) in [6.07, 6.45) is 9.86. The van der Waals surface area contributed by atoms with Gasteiger partial charge in [-0.1, -0.05) is 25.2 Å². The monoisotopic (exact) mass is 589 g/mol. The number of thiophene rings is 2. The van der Waals surface area contributed by atoms with E-state index in [2.05, 4.69) is 29.3 Å². The van der Waals surface area contributed by atoms with Crippen molar-refractivity contribution in [1.29, 1.82) is 0 Å². The number of nitrogens with zero attached hydrogens (tertiary/aromatic N) is 1. The zero-order valence-electron chi connectivity index (χ0n) is 23.6. The number of Topliss-reactive ketones (excluding diaryl/α,β-unsaturated/α-hetero) is 1. The quantitative estimate of drug-likeness (QED) is 0.0971. The Morgan fingerprint density at radius 2 is 1.66 bits per heavy atom. The molecule has 2 aliphatic carbocycles. The number of phenolic OH excluding ortho intramolecular Hbond substituents is 2. The van der Waals surface area contributed by atoms with Gasteiger partial charge < -0.3 is 21.3 Å². The van der Waals surface area contributed by atoms with Crippen molar-refractivity contribution in [3.05, 3.63) is 57.8 Å². The molecule has 0 bridgehead atoms. The maximum Gasteiger partial charge on any atom is 0.189 e. The van der Waals surface area contributed by atoms with Gasteiger partial charge in [-0.3, -0.25) is 9.79 Å². The molecule has 2 aromatic heterocycles. The fraction of sp³-hybridized carbons (Fsp3) is 0.455. The first-order valence-corrected chi connectivity index (χ1v) is 16.3. The third-order valence-electron chi connectivity index (χ3n) is 8.31. The number of carbonyl (C=O) groups is 1. The molecule has 41 heavy (non-hydrogen) atoms. The lowest BCUT2D eigenvalue weighted by Crippen LogP contribution is -2.47. The lowest BCUT2D eigenvalue weighted by molar-refractivity contribution is 0.0867. The molecule has 5 N–H and O–H groups in total. The summed E-state index contributed by atoms with van der Waals surface area (Å²) >= 11 is 3.24. The van der Waals surface area contributed by atoms with Crippen LogP contribution in [0.1, 0.15) is 84.8 Å². The van der Waals surface area contributed by atoms with Gasteiger partial charge in [0, 0.05) is 27.8 Å². The van der Waals surface area contributed by atoms with Crippen LogP contribution in [0.2, 0.25) is 0 Å². The topological polar surface area (TPSA) is 108 Å². The van der Waals surface area contributed by atoms with Crippen LogP contribution in [0.4, 0.5) is 0 Å². The van der Waals surface area contributed by atoms with Crippen LogP contribution in [-0.4, -0.2) is 34.0 Å². The Hall–Kier alpha value is -3.28. The second-order valence-electron chi connectivity index (χ2n) is 11.3. The summed E-state index contributed by atoms with van der Waals surface area (Å²) in [5.74, 6) is 7.16. The lowest BCUT2D eigenvalue weighted by atomic mass is 9.75. The van der Waals surface area contributed by atoms with E-state index in [4.69, 9.17) is 10.7 Å². The number of rotatable bonds is 8. The summed E-state index contributed by atoms with van der Waals surface area (Å²) in [4.78, 5) is 22.4. The summed E-state index contributed by atoms with van der Waals surface area (Å²) in [5, 5.41) is 23.6. The number of ketones is 1. The standard InChI is InChI=1S/C33H39N3O3S2/c1-2-6-27-13-14-29(40-27)30-15-16-31(41-30)32(39)23-11-9-22(10-12-23)28(19-21-17-25(37)20-26(38)18-21)36-33(34)35-24-7-4-3-5-8-24/h13-18,20,22-24,28,37-38H,3-5,7-12,19H2,1H3,(H3,34,35,36).